The van der Waals surface area contributed by atoms with Crippen molar-refractivity contribution in [3.8, 4) is 0 Å². The van der Waals surface area contributed by atoms with Crippen LogP contribution in [0.4, 0.5) is 5.69 Å². The molecule has 0 radical (unpaired) electrons. The molecule has 1 aromatic carbocycles. The fraction of sp³-hybridized carbons (Fsp3) is 0.500. The van der Waals surface area contributed by atoms with Gasteiger partial charge in [-0.3, -0.25) is 9.59 Å². The number of aryl methyl sites for hydroxylation is 1. The standard InChI is InChI=1S/C16H25N3O2/c1-11(2)10-18-16(21)12(3)19-15(20)9-6-13-4-7-14(17)8-5-13/h4-5,7-8,11-12H,6,9-10,17H2,1-3H3,(H,18,21)(H,19,20). The van der Waals surface area contributed by atoms with E-state index in [2.05, 4.69) is 10.6 Å². The van der Waals surface area contributed by atoms with E-state index >= 15 is 0 Å². The molecule has 116 valence electrons. The predicted octanol–water partition coefficient (Wildman–Crippen LogP) is 1.48. The summed E-state index contributed by atoms with van der Waals surface area (Å²) < 4.78 is 0. The number of nitrogen functional groups attached to an aromatic ring is 1. The van der Waals surface area contributed by atoms with Crippen molar-refractivity contribution in [2.75, 3.05) is 12.3 Å². The Morgan fingerprint density at radius 3 is 2.33 bits per heavy atom. The Hall–Kier alpha value is -2.04. The number of rotatable bonds is 7. The topological polar surface area (TPSA) is 84.2 Å². The van der Waals surface area contributed by atoms with Crippen molar-refractivity contribution in [3.63, 3.8) is 0 Å². The second-order valence-corrected chi connectivity index (χ2v) is 5.67. The highest BCUT2D eigenvalue weighted by Crippen LogP contribution is 2.07. The van der Waals surface area contributed by atoms with E-state index in [-0.39, 0.29) is 11.8 Å². The molecule has 5 heteroatoms. The average molecular weight is 291 g/mol. The maximum absolute atomic E-state index is 11.8. The summed E-state index contributed by atoms with van der Waals surface area (Å²) in [5, 5.41) is 5.51. The summed E-state index contributed by atoms with van der Waals surface area (Å²) in [6.07, 6.45) is 0.984. The highest BCUT2D eigenvalue weighted by atomic mass is 16.2. The molecule has 0 aliphatic heterocycles. The molecule has 0 bridgehead atoms. The van der Waals surface area contributed by atoms with E-state index in [0.717, 1.165) is 5.56 Å². The Bertz CT molecular complexity index is 469. The van der Waals surface area contributed by atoms with Gasteiger partial charge in [0.1, 0.15) is 6.04 Å². The number of carbonyl (C=O) groups excluding carboxylic acids is 2. The maximum Gasteiger partial charge on any atom is 0.242 e. The van der Waals surface area contributed by atoms with E-state index in [1.165, 1.54) is 0 Å². The van der Waals surface area contributed by atoms with Crippen LogP contribution < -0.4 is 16.4 Å². The fourth-order valence-electron chi connectivity index (χ4n) is 1.78. The summed E-state index contributed by atoms with van der Waals surface area (Å²) in [5.74, 6) is 0.117. The molecule has 5 nitrogen and oxygen atoms in total. The number of anilines is 1. The lowest BCUT2D eigenvalue weighted by atomic mass is 10.1. The van der Waals surface area contributed by atoms with Crippen molar-refractivity contribution in [1.29, 1.82) is 0 Å². The lowest BCUT2D eigenvalue weighted by Gasteiger charge is -2.15. The van der Waals surface area contributed by atoms with Crippen LogP contribution in [0, 0.1) is 5.92 Å². The minimum absolute atomic E-state index is 0.126. The van der Waals surface area contributed by atoms with Gasteiger partial charge in [-0.25, -0.2) is 0 Å². The van der Waals surface area contributed by atoms with Gasteiger partial charge < -0.3 is 16.4 Å². The van der Waals surface area contributed by atoms with E-state index in [1.807, 2.05) is 38.1 Å². The van der Waals surface area contributed by atoms with Crippen LogP contribution >= 0.6 is 0 Å². The first-order valence-corrected chi connectivity index (χ1v) is 7.30. The molecule has 1 atom stereocenters. The molecule has 0 fully saturated rings. The van der Waals surface area contributed by atoms with Crippen molar-refractivity contribution in [1.82, 2.24) is 10.6 Å². The molecule has 0 spiro atoms. The number of hydrogen-bond donors (Lipinski definition) is 3. The maximum atomic E-state index is 11.8. The van der Waals surface area contributed by atoms with Crippen LogP contribution in [0.5, 0.6) is 0 Å². The Kier molecular flexibility index (Phi) is 6.72. The Morgan fingerprint density at radius 2 is 1.76 bits per heavy atom. The normalized spacial score (nSPS) is 12.0. The number of carbonyl (C=O) groups is 2. The number of nitrogens with one attached hydrogen (secondary N) is 2. The van der Waals surface area contributed by atoms with Crippen molar-refractivity contribution in [3.05, 3.63) is 29.8 Å². The molecule has 2 amide bonds. The Balaban J connectivity index is 2.32. The summed E-state index contributed by atoms with van der Waals surface area (Å²) in [6.45, 7) is 6.35. The van der Waals surface area contributed by atoms with Crippen molar-refractivity contribution in [2.45, 2.75) is 39.7 Å². The van der Waals surface area contributed by atoms with Crippen molar-refractivity contribution >= 4 is 17.5 Å². The van der Waals surface area contributed by atoms with Gasteiger partial charge in [-0.15, -0.1) is 0 Å². The molecular weight excluding hydrogens is 266 g/mol. The van der Waals surface area contributed by atoms with Gasteiger partial charge in [0.05, 0.1) is 0 Å². The molecular formula is C16H25N3O2. The van der Waals surface area contributed by atoms with Gasteiger partial charge in [-0.1, -0.05) is 26.0 Å². The van der Waals surface area contributed by atoms with E-state index in [9.17, 15) is 9.59 Å². The van der Waals surface area contributed by atoms with Gasteiger partial charge in [0, 0.05) is 18.7 Å². The fourth-order valence-corrected chi connectivity index (χ4v) is 1.78. The average Bonchev–Trinajstić information content (AvgIpc) is 2.44. The lowest BCUT2D eigenvalue weighted by Crippen LogP contribution is -2.45. The quantitative estimate of drug-likeness (QED) is 0.665. The first-order chi connectivity index (χ1) is 9.88. The van der Waals surface area contributed by atoms with Gasteiger partial charge in [-0.2, -0.15) is 0 Å². The zero-order chi connectivity index (χ0) is 15.8. The Labute approximate surface area is 126 Å². The first kappa shape index (κ1) is 17.0. The largest absolute Gasteiger partial charge is 0.399 e. The third kappa shape index (κ3) is 6.79. The first-order valence-electron chi connectivity index (χ1n) is 7.30. The smallest absolute Gasteiger partial charge is 0.242 e. The van der Waals surface area contributed by atoms with E-state index in [4.69, 9.17) is 5.73 Å². The van der Waals surface area contributed by atoms with Gasteiger partial charge >= 0.3 is 0 Å². The number of amides is 2. The highest BCUT2D eigenvalue weighted by Gasteiger charge is 2.15. The van der Waals surface area contributed by atoms with Gasteiger partial charge in [0.15, 0.2) is 0 Å². The Morgan fingerprint density at radius 1 is 1.14 bits per heavy atom. The van der Waals surface area contributed by atoms with Crippen molar-refractivity contribution in [2.24, 2.45) is 5.92 Å². The molecule has 1 rings (SSSR count). The summed E-state index contributed by atoms with van der Waals surface area (Å²) in [4.78, 5) is 23.6. The van der Waals surface area contributed by atoms with E-state index < -0.39 is 6.04 Å². The second kappa shape index (κ2) is 8.29. The minimum atomic E-state index is -0.511. The molecule has 1 unspecified atom stereocenters. The lowest BCUT2D eigenvalue weighted by molar-refractivity contribution is -0.128. The molecule has 0 aliphatic carbocycles. The van der Waals surface area contributed by atoms with Crippen LogP contribution in [0.1, 0.15) is 32.8 Å². The molecule has 0 saturated carbocycles. The highest BCUT2D eigenvalue weighted by molar-refractivity contribution is 5.87. The SMILES string of the molecule is CC(C)CNC(=O)C(C)NC(=O)CCc1ccc(N)cc1. The molecule has 0 saturated heterocycles. The third-order valence-electron chi connectivity index (χ3n) is 3.08. The van der Waals surface area contributed by atoms with Gasteiger partial charge in [0.2, 0.25) is 11.8 Å². The monoisotopic (exact) mass is 291 g/mol. The number of hydrogen-bond acceptors (Lipinski definition) is 3. The van der Waals surface area contributed by atoms with Crippen LogP contribution in [0.2, 0.25) is 0 Å². The van der Waals surface area contributed by atoms with Gasteiger partial charge in [0.25, 0.3) is 0 Å². The molecule has 0 heterocycles. The summed E-state index contributed by atoms with van der Waals surface area (Å²) in [5.41, 5.74) is 7.37. The second-order valence-electron chi connectivity index (χ2n) is 5.67. The number of benzene rings is 1. The zero-order valence-electron chi connectivity index (χ0n) is 13.0. The summed E-state index contributed by atoms with van der Waals surface area (Å²) >= 11 is 0. The van der Waals surface area contributed by atoms with Gasteiger partial charge in [-0.05, 0) is 37.0 Å². The van der Waals surface area contributed by atoms with Crippen LogP contribution in [-0.4, -0.2) is 24.4 Å². The summed E-state index contributed by atoms with van der Waals surface area (Å²) in [7, 11) is 0. The van der Waals surface area contributed by atoms with Crippen molar-refractivity contribution < 1.29 is 9.59 Å². The van der Waals surface area contributed by atoms with Crippen LogP contribution in [-0.2, 0) is 16.0 Å². The minimum Gasteiger partial charge on any atom is -0.399 e. The van der Waals surface area contributed by atoms with E-state index in [1.54, 1.807) is 6.92 Å². The van der Waals surface area contributed by atoms with Crippen LogP contribution in [0.25, 0.3) is 0 Å². The zero-order valence-corrected chi connectivity index (χ0v) is 13.0. The predicted molar refractivity (Wildman–Crippen MR) is 84.6 cm³/mol. The molecule has 1 aromatic rings. The van der Waals surface area contributed by atoms with E-state index in [0.29, 0.717) is 31.0 Å². The van der Waals surface area contributed by atoms with Crippen LogP contribution in [0.15, 0.2) is 24.3 Å². The third-order valence-corrected chi connectivity index (χ3v) is 3.08. The molecule has 0 aliphatic rings. The summed E-state index contributed by atoms with van der Waals surface area (Å²) in [6, 6.07) is 6.93. The van der Waals surface area contributed by atoms with Crippen LogP contribution in [0.3, 0.4) is 0 Å². The molecule has 21 heavy (non-hydrogen) atoms. The molecule has 4 N–H and O–H groups in total. The molecule has 0 aromatic heterocycles. The number of nitrogens with two attached hydrogens (primary N) is 1.